The lowest BCUT2D eigenvalue weighted by Gasteiger charge is -2.03. The Kier molecular flexibility index (Phi) is 4.62. The number of nitrogens with one attached hydrogen (secondary N) is 1. The van der Waals surface area contributed by atoms with Crippen LogP contribution in [0.1, 0.15) is 15.9 Å². The summed E-state index contributed by atoms with van der Waals surface area (Å²) in [5.74, 6) is -0.153. The maximum Gasteiger partial charge on any atom is 0.251 e. The molecule has 0 atom stereocenters. The molecule has 2 N–H and O–H groups in total. The Morgan fingerprint density at radius 2 is 2.00 bits per heavy atom. The molecule has 0 aliphatic rings. The van der Waals surface area contributed by atoms with E-state index in [2.05, 4.69) is 21.2 Å². The Balaban J connectivity index is 2.62. The summed E-state index contributed by atoms with van der Waals surface area (Å²) in [6, 6.07) is 7.32. The molecule has 76 valence electrons. The first-order chi connectivity index (χ1) is 6.77. The van der Waals surface area contributed by atoms with E-state index < -0.39 is 0 Å². The number of rotatable bonds is 4. The largest absolute Gasteiger partial charge is 0.395 e. The van der Waals surface area contributed by atoms with Crippen molar-refractivity contribution in [2.45, 2.75) is 5.33 Å². The van der Waals surface area contributed by atoms with E-state index in [1.807, 2.05) is 12.1 Å². The molecular formula is C10H12BrNO2. The molecule has 1 aromatic carbocycles. The Labute approximate surface area is 91.3 Å². The summed E-state index contributed by atoms with van der Waals surface area (Å²) in [4.78, 5) is 11.4. The summed E-state index contributed by atoms with van der Waals surface area (Å²) in [5, 5.41) is 11.9. The van der Waals surface area contributed by atoms with Gasteiger partial charge in [-0.05, 0) is 17.7 Å². The van der Waals surface area contributed by atoms with Gasteiger partial charge in [0.05, 0.1) is 6.61 Å². The fourth-order valence-corrected chi connectivity index (χ4v) is 1.39. The Hall–Kier alpha value is -0.870. The number of aliphatic hydroxyl groups is 1. The minimum atomic E-state index is -0.153. The van der Waals surface area contributed by atoms with Crippen LogP contribution in [0, 0.1) is 0 Å². The molecule has 1 amide bonds. The second-order valence-corrected chi connectivity index (χ2v) is 3.37. The molecule has 0 unspecified atom stereocenters. The normalized spacial score (nSPS) is 9.86. The predicted octanol–water partition coefficient (Wildman–Crippen LogP) is 1.30. The van der Waals surface area contributed by atoms with Crippen molar-refractivity contribution in [2.24, 2.45) is 0 Å². The molecule has 0 heterocycles. The van der Waals surface area contributed by atoms with Crippen molar-refractivity contribution in [1.82, 2.24) is 5.32 Å². The monoisotopic (exact) mass is 257 g/mol. The average Bonchev–Trinajstić information content (AvgIpc) is 2.26. The number of benzene rings is 1. The minimum absolute atomic E-state index is 0.0365. The van der Waals surface area contributed by atoms with Gasteiger partial charge >= 0.3 is 0 Å². The Morgan fingerprint density at radius 1 is 1.36 bits per heavy atom. The number of carbonyl (C=O) groups excluding carboxylic acids is 1. The number of aliphatic hydroxyl groups excluding tert-OH is 1. The van der Waals surface area contributed by atoms with E-state index in [1.54, 1.807) is 12.1 Å². The van der Waals surface area contributed by atoms with Crippen LogP contribution in [0.15, 0.2) is 24.3 Å². The van der Waals surface area contributed by atoms with Crippen molar-refractivity contribution < 1.29 is 9.90 Å². The summed E-state index contributed by atoms with van der Waals surface area (Å²) in [6.45, 7) is 0.254. The van der Waals surface area contributed by atoms with Crippen LogP contribution in [0.2, 0.25) is 0 Å². The Morgan fingerprint density at radius 3 is 2.50 bits per heavy atom. The first-order valence-electron chi connectivity index (χ1n) is 4.32. The first-order valence-corrected chi connectivity index (χ1v) is 5.44. The van der Waals surface area contributed by atoms with E-state index in [1.165, 1.54) is 0 Å². The number of halogens is 1. The van der Waals surface area contributed by atoms with Gasteiger partial charge in [-0.25, -0.2) is 0 Å². The molecule has 14 heavy (non-hydrogen) atoms. The summed E-state index contributed by atoms with van der Waals surface area (Å²) in [5.41, 5.74) is 1.74. The lowest BCUT2D eigenvalue weighted by molar-refractivity contribution is 0.0945. The van der Waals surface area contributed by atoms with Gasteiger partial charge < -0.3 is 10.4 Å². The number of alkyl halides is 1. The van der Waals surface area contributed by atoms with Gasteiger partial charge in [-0.15, -0.1) is 0 Å². The van der Waals surface area contributed by atoms with Crippen molar-refractivity contribution in [3.63, 3.8) is 0 Å². The smallest absolute Gasteiger partial charge is 0.251 e. The van der Waals surface area contributed by atoms with Crippen molar-refractivity contribution in [1.29, 1.82) is 0 Å². The maximum absolute atomic E-state index is 11.4. The minimum Gasteiger partial charge on any atom is -0.395 e. The molecule has 4 heteroatoms. The van der Waals surface area contributed by atoms with Gasteiger partial charge in [0, 0.05) is 17.4 Å². The standard InChI is InChI=1S/C10H12BrNO2/c11-7-8-1-3-9(4-2-8)10(14)12-5-6-13/h1-4,13H,5-7H2,(H,12,14). The second kappa shape index (κ2) is 5.78. The second-order valence-electron chi connectivity index (χ2n) is 2.81. The molecule has 0 fully saturated rings. The van der Waals surface area contributed by atoms with E-state index >= 15 is 0 Å². The summed E-state index contributed by atoms with van der Waals surface area (Å²) < 4.78 is 0. The van der Waals surface area contributed by atoms with Crippen molar-refractivity contribution >= 4 is 21.8 Å². The van der Waals surface area contributed by atoms with Gasteiger partial charge in [-0.3, -0.25) is 4.79 Å². The van der Waals surface area contributed by atoms with Gasteiger partial charge in [0.25, 0.3) is 5.91 Å². The van der Waals surface area contributed by atoms with Crippen LogP contribution in [-0.4, -0.2) is 24.2 Å². The van der Waals surface area contributed by atoms with Gasteiger partial charge in [-0.1, -0.05) is 28.1 Å². The van der Waals surface area contributed by atoms with Crippen molar-refractivity contribution in [3.05, 3.63) is 35.4 Å². The molecule has 0 saturated heterocycles. The third-order valence-corrected chi connectivity index (χ3v) is 2.42. The highest BCUT2D eigenvalue weighted by molar-refractivity contribution is 9.08. The molecular weight excluding hydrogens is 246 g/mol. The van der Waals surface area contributed by atoms with Gasteiger partial charge in [-0.2, -0.15) is 0 Å². The molecule has 0 aliphatic carbocycles. The Bertz CT molecular complexity index is 297. The van der Waals surface area contributed by atoms with E-state index in [0.717, 1.165) is 10.9 Å². The summed E-state index contributed by atoms with van der Waals surface area (Å²) in [7, 11) is 0. The lowest BCUT2D eigenvalue weighted by Crippen LogP contribution is -2.26. The predicted molar refractivity (Wildman–Crippen MR) is 58.5 cm³/mol. The van der Waals surface area contributed by atoms with Crippen LogP contribution in [0.5, 0.6) is 0 Å². The van der Waals surface area contributed by atoms with Crippen molar-refractivity contribution in [3.8, 4) is 0 Å². The molecule has 1 aromatic rings. The maximum atomic E-state index is 11.4. The molecule has 3 nitrogen and oxygen atoms in total. The fraction of sp³-hybridized carbons (Fsp3) is 0.300. The molecule has 0 bridgehead atoms. The van der Waals surface area contributed by atoms with E-state index in [-0.39, 0.29) is 12.5 Å². The van der Waals surface area contributed by atoms with Crippen LogP contribution in [-0.2, 0) is 5.33 Å². The fourth-order valence-electron chi connectivity index (χ4n) is 1.02. The van der Waals surface area contributed by atoms with E-state index in [4.69, 9.17) is 5.11 Å². The first kappa shape index (κ1) is 11.2. The molecule has 0 saturated carbocycles. The number of amides is 1. The zero-order chi connectivity index (χ0) is 10.4. The number of carbonyl (C=O) groups is 1. The zero-order valence-electron chi connectivity index (χ0n) is 7.66. The molecule has 0 aromatic heterocycles. The molecule has 0 spiro atoms. The van der Waals surface area contributed by atoms with E-state index in [0.29, 0.717) is 12.1 Å². The van der Waals surface area contributed by atoms with Crippen LogP contribution in [0.3, 0.4) is 0 Å². The third-order valence-electron chi connectivity index (χ3n) is 1.77. The van der Waals surface area contributed by atoms with Gasteiger partial charge in [0.1, 0.15) is 0 Å². The number of hydrogen-bond donors (Lipinski definition) is 2. The van der Waals surface area contributed by atoms with Gasteiger partial charge in [0.2, 0.25) is 0 Å². The highest BCUT2D eigenvalue weighted by Gasteiger charge is 2.03. The number of hydrogen-bond acceptors (Lipinski definition) is 2. The SMILES string of the molecule is O=C(NCCO)c1ccc(CBr)cc1. The van der Waals surface area contributed by atoms with Crippen LogP contribution in [0.4, 0.5) is 0 Å². The van der Waals surface area contributed by atoms with Crippen LogP contribution < -0.4 is 5.32 Å². The quantitative estimate of drug-likeness (QED) is 0.800. The highest BCUT2D eigenvalue weighted by atomic mass is 79.9. The summed E-state index contributed by atoms with van der Waals surface area (Å²) >= 11 is 3.33. The van der Waals surface area contributed by atoms with E-state index in [9.17, 15) is 4.79 Å². The molecule has 1 rings (SSSR count). The summed E-state index contributed by atoms with van der Waals surface area (Å²) in [6.07, 6.45) is 0. The zero-order valence-corrected chi connectivity index (χ0v) is 9.25. The van der Waals surface area contributed by atoms with Crippen LogP contribution >= 0.6 is 15.9 Å². The third kappa shape index (κ3) is 3.12. The van der Waals surface area contributed by atoms with Crippen LogP contribution in [0.25, 0.3) is 0 Å². The average molecular weight is 258 g/mol. The van der Waals surface area contributed by atoms with Crippen molar-refractivity contribution in [2.75, 3.05) is 13.2 Å². The van der Waals surface area contributed by atoms with Gasteiger partial charge in [0.15, 0.2) is 0 Å². The highest BCUT2D eigenvalue weighted by Crippen LogP contribution is 2.07. The molecule has 0 radical (unpaired) electrons. The lowest BCUT2D eigenvalue weighted by atomic mass is 10.1. The molecule has 0 aliphatic heterocycles. The topological polar surface area (TPSA) is 49.3 Å².